The maximum absolute atomic E-state index is 6.72. The fourth-order valence-corrected chi connectivity index (χ4v) is 8.36. The minimum absolute atomic E-state index is 0.624. The molecule has 0 unspecified atom stereocenters. The number of hydrogen-bond donors (Lipinski definition) is 0. The summed E-state index contributed by atoms with van der Waals surface area (Å²) in [6.07, 6.45) is 15.1. The Kier molecular flexibility index (Phi) is 3.15. The lowest BCUT2D eigenvalue weighted by atomic mass is 9.98. The third kappa shape index (κ3) is 2.12. The van der Waals surface area contributed by atoms with Crippen LogP contribution in [0.1, 0.15) is 64.2 Å². The van der Waals surface area contributed by atoms with Gasteiger partial charge in [0.25, 0.3) is 0 Å². The van der Waals surface area contributed by atoms with Gasteiger partial charge >= 0.3 is 0 Å². The second-order valence-corrected chi connectivity index (χ2v) is 11.6. The molecule has 0 aromatic carbocycles. The van der Waals surface area contributed by atoms with E-state index in [1.807, 2.05) is 0 Å². The summed E-state index contributed by atoms with van der Waals surface area (Å²) in [7, 11) is -1.47. The van der Waals surface area contributed by atoms with Gasteiger partial charge in [-0.1, -0.05) is 32.1 Å². The smallest absolute Gasteiger partial charge is 0.193 e. The topological polar surface area (TPSA) is 9.23 Å². The van der Waals surface area contributed by atoms with Gasteiger partial charge in [0.05, 0.1) is 0 Å². The molecule has 98 valence electrons. The second-order valence-electron chi connectivity index (χ2n) is 7.32. The number of rotatable bonds is 3. The zero-order chi connectivity index (χ0) is 11.9. The normalized spacial score (nSPS) is 38.8. The molecule has 0 amide bonds. The van der Waals surface area contributed by atoms with Crippen molar-refractivity contribution in [3.05, 3.63) is 0 Å². The monoisotopic (exact) mass is 252 g/mol. The van der Waals surface area contributed by atoms with Gasteiger partial charge in [0.15, 0.2) is 8.32 Å². The largest absolute Gasteiger partial charge is 0.414 e. The van der Waals surface area contributed by atoms with Crippen molar-refractivity contribution in [1.29, 1.82) is 0 Å². The van der Waals surface area contributed by atoms with Gasteiger partial charge in [-0.3, -0.25) is 0 Å². The molecule has 0 atom stereocenters. The van der Waals surface area contributed by atoms with Crippen molar-refractivity contribution >= 4 is 8.32 Å². The van der Waals surface area contributed by atoms with Gasteiger partial charge in [0.1, 0.15) is 0 Å². The summed E-state index contributed by atoms with van der Waals surface area (Å²) < 4.78 is 6.72. The summed E-state index contributed by atoms with van der Waals surface area (Å²) in [6.45, 7) is 5.05. The Balaban J connectivity index is 1.67. The lowest BCUT2D eigenvalue weighted by Gasteiger charge is -2.43. The van der Waals surface area contributed by atoms with Crippen molar-refractivity contribution in [3.8, 4) is 0 Å². The zero-order valence-electron chi connectivity index (χ0n) is 11.6. The van der Waals surface area contributed by atoms with Crippen molar-refractivity contribution in [3.63, 3.8) is 0 Å². The third-order valence-electron chi connectivity index (χ3n) is 6.03. The van der Waals surface area contributed by atoms with E-state index in [4.69, 9.17) is 4.43 Å². The van der Waals surface area contributed by atoms with Crippen LogP contribution in [0.15, 0.2) is 0 Å². The molecule has 3 saturated carbocycles. The Morgan fingerprint density at radius 3 is 2.12 bits per heavy atom. The number of hydrogen-bond acceptors (Lipinski definition) is 1. The molecule has 0 N–H and O–H groups in total. The highest BCUT2D eigenvalue weighted by Gasteiger charge is 2.56. The molecule has 1 nitrogen and oxygen atoms in total. The van der Waals surface area contributed by atoms with E-state index in [1.165, 1.54) is 64.2 Å². The maximum atomic E-state index is 6.72. The van der Waals surface area contributed by atoms with Crippen LogP contribution in [0.5, 0.6) is 0 Å². The van der Waals surface area contributed by atoms with Crippen molar-refractivity contribution in [2.45, 2.75) is 88.4 Å². The van der Waals surface area contributed by atoms with Gasteiger partial charge < -0.3 is 4.43 Å². The molecule has 0 aliphatic heterocycles. The summed E-state index contributed by atoms with van der Waals surface area (Å²) in [5.41, 5.74) is 0. The molecule has 3 aliphatic rings. The van der Waals surface area contributed by atoms with Crippen molar-refractivity contribution < 1.29 is 4.43 Å². The van der Waals surface area contributed by atoms with Gasteiger partial charge in [0, 0.05) is 6.10 Å². The second kappa shape index (κ2) is 4.38. The molecule has 3 aliphatic carbocycles. The molecule has 17 heavy (non-hydrogen) atoms. The molecular weight excluding hydrogens is 224 g/mol. The average Bonchev–Trinajstić information content (AvgIpc) is 2.91. The lowest BCUT2D eigenvalue weighted by Crippen LogP contribution is -2.46. The van der Waals surface area contributed by atoms with E-state index in [2.05, 4.69) is 13.1 Å². The summed E-state index contributed by atoms with van der Waals surface area (Å²) in [5.74, 6) is 1.07. The first-order valence-electron chi connectivity index (χ1n) is 7.79. The molecule has 0 aromatic heterocycles. The molecule has 2 heteroatoms. The van der Waals surface area contributed by atoms with Crippen LogP contribution in [-0.2, 0) is 4.43 Å². The van der Waals surface area contributed by atoms with Gasteiger partial charge in [-0.05, 0) is 56.2 Å². The summed E-state index contributed by atoms with van der Waals surface area (Å²) in [4.78, 5) is 0. The Bertz CT molecular complexity index is 273. The van der Waals surface area contributed by atoms with E-state index in [0.717, 1.165) is 5.92 Å². The van der Waals surface area contributed by atoms with Gasteiger partial charge in [0.2, 0.25) is 0 Å². The highest BCUT2D eigenvalue weighted by atomic mass is 28.4. The Morgan fingerprint density at radius 1 is 0.941 bits per heavy atom. The van der Waals surface area contributed by atoms with Crippen LogP contribution in [0.3, 0.4) is 0 Å². The molecule has 3 fully saturated rings. The highest BCUT2D eigenvalue weighted by Crippen LogP contribution is 2.64. The van der Waals surface area contributed by atoms with Crippen LogP contribution in [0, 0.1) is 5.92 Å². The molecule has 0 spiro atoms. The van der Waals surface area contributed by atoms with E-state index < -0.39 is 8.32 Å². The molecule has 3 rings (SSSR count). The minimum atomic E-state index is -1.47. The van der Waals surface area contributed by atoms with E-state index in [-0.39, 0.29) is 0 Å². The summed E-state index contributed by atoms with van der Waals surface area (Å²) in [6, 6.07) is 0. The maximum Gasteiger partial charge on any atom is 0.193 e. The zero-order valence-corrected chi connectivity index (χ0v) is 12.6. The fraction of sp³-hybridized carbons (Fsp3) is 1.00. The third-order valence-corrected chi connectivity index (χ3v) is 10.2. The van der Waals surface area contributed by atoms with Crippen LogP contribution >= 0.6 is 0 Å². The van der Waals surface area contributed by atoms with E-state index in [1.54, 1.807) is 0 Å². The Hall–Kier alpha value is 0.177. The molecule has 0 aromatic rings. The van der Waals surface area contributed by atoms with E-state index >= 15 is 0 Å². The van der Waals surface area contributed by atoms with Crippen molar-refractivity contribution in [2.75, 3.05) is 0 Å². The van der Waals surface area contributed by atoms with Gasteiger partial charge in [-0.2, -0.15) is 0 Å². The first-order valence-corrected chi connectivity index (χ1v) is 10.7. The van der Waals surface area contributed by atoms with Crippen LogP contribution < -0.4 is 0 Å². The molecule has 0 radical (unpaired) electrons. The minimum Gasteiger partial charge on any atom is -0.414 e. The van der Waals surface area contributed by atoms with Crippen molar-refractivity contribution in [2.24, 2.45) is 5.92 Å². The first kappa shape index (κ1) is 12.2. The molecular formula is C15H28OSi. The van der Waals surface area contributed by atoms with Crippen LogP contribution in [0.4, 0.5) is 0 Å². The predicted molar refractivity (Wildman–Crippen MR) is 74.7 cm³/mol. The highest BCUT2D eigenvalue weighted by molar-refractivity contribution is 6.74. The quantitative estimate of drug-likeness (QED) is 0.651. The predicted octanol–water partition coefficient (Wildman–Crippen LogP) is 4.88. The Morgan fingerprint density at radius 2 is 1.59 bits per heavy atom. The van der Waals surface area contributed by atoms with Crippen molar-refractivity contribution in [1.82, 2.24) is 0 Å². The molecule has 0 saturated heterocycles. The summed E-state index contributed by atoms with van der Waals surface area (Å²) in [5, 5.41) is 0.676. The fourth-order valence-electron chi connectivity index (χ4n) is 4.76. The van der Waals surface area contributed by atoms with Gasteiger partial charge in [-0.15, -0.1) is 0 Å². The standard InChI is InChI=1S/C15H28OSi/c1-17(2,16-14-6-4-3-5-7-14)15-10-8-13(12-15)9-11-15/h13-14H,3-12H2,1-2H3. The van der Waals surface area contributed by atoms with Crippen LogP contribution in [0.2, 0.25) is 18.1 Å². The van der Waals surface area contributed by atoms with Crippen LogP contribution in [-0.4, -0.2) is 14.4 Å². The van der Waals surface area contributed by atoms with Crippen LogP contribution in [0.25, 0.3) is 0 Å². The summed E-state index contributed by atoms with van der Waals surface area (Å²) >= 11 is 0. The molecule has 0 heterocycles. The lowest BCUT2D eigenvalue weighted by molar-refractivity contribution is 0.134. The first-order chi connectivity index (χ1) is 8.11. The number of fused-ring (bicyclic) bond motifs is 2. The molecule has 2 bridgehead atoms. The van der Waals surface area contributed by atoms with Gasteiger partial charge in [-0.25, -0.2) is 0 Å². The Labute approximate surface area is 107 Å². The van der Waals surface area contributed by atoms with E-state index in [9.17, 15) is 0 Å². The average molecular weight is 252 g/mol. The SMILES string of the molecule is C[Si](C)(OC1CCCCC1)C12CCC(CC1)C2. The van der Waals surface area contributed by atoms with E-state index in [0.29, 0.717) is 11.1 Å².